The highest BCUT2D eigenvalue weighted by atomic mass is 15.1. The van der Waals surface area contributed by atoms with Gasteiger partial charge in [-0.3, -0.25) is 4.90 Å². The predicted octanol–water partition coefficient (Wildman–Crippen LogP) is 2.93. The van der Waals surface area contributed by atoms with Gasteiger partial charge in [0.05, 0.1) is 0 Å². The average Bonchev–Trinajstić information content (AvgIpc) is 2.65. The Labute approximate surface area is 96.3 Å². The summed E-state index contributed by atoms with van der Waals surface area (Å²) in [5, 5.41) is 1.42. The third-order valence-electron chi connectivity index (χ3n) is 3.84. The summed E-state index contributed by atoms with van der Waals surface area (Å²) in [7, 11) is 2.22. The van der Waals surface area contributed by atoms with Gasteiger partial charge in [-0.2, -0.15) is 0 Å². The quantitative estimate of drug-likeness (QED) is 0.773. The third kappa shape index (κ3) is 1.37. The Morgan fingerprint density at radius 1 is 1.38 bits per heavy atom. The van der Waals surface area contributed by atoms with Crippen LogP contribution in [0, 0.1) is 0 Å². The fourth-order valence-corrected chi connectivity index (χ4v) is 2.85. The molecule has 0 amide bonds. The molecule has 2 heterocycles. The molecule has 1 aliphatic rings. The maximum Gasteiger partial charge on any atom is 0.0459 e. The average molecular weight is 214 g/mol. The van der Waals surface area contributed by atoms with Gasteiger partial charge in [0.15, 0.2) is 0 Å². The van der Waals surface area contributed by atoms with Gasteiger partial charge in [0, 0.05) is 29.2 Å². The second-order valence-corrected chi connectivity index (χ2v) is 4.81. The van der Waals surface area contributed by atoms with Gasteiger partial charge >= 0.3 is 0 Å². The summed E-state index contributed by atoms with van der Waals surface area (Å²) >= 11 is 0. The van der Waals surface area contributed by atoms with Crippen molar-refractivity contribution >= 4 is 10.9 Å². The summed E-state index contributed by atoms with van der Waals surface area (Å²) in [5.41, 5.74) is 4.24. The molecular formula is C14H18N2. The molecule has 0 spiro atoms. The largest absolute Gasteiger partial charge is 0.357 e. The Morgan fingerprint density at radius 2 is 2.19 bits per heavy atom. The van der Waals surface area contributed by atoms with E-state index in [0.717, 1.165) is 6.54 Å². The molecule has 2 heteroatoms. The van der Waals surface area contributed by atoms with E-state index in [4.69, 9.17) is 0 Å². The van der Waals surface area contributed by atoms with E-state index in [9.17, 15) is 0 Å². The van der Waals surface area contributed by atoms with Gasteiger partial charge in [0.25, 0.3) is 0 Å². The minimum atomic E-state index is 0.701. The van der Waals surface area contributed by atoms with Gasteiger partial charge in [0.1, 0.15) is 0 Å². The maximum atomic E-state index is 3.55. The van der Waals surface area contributed by atoms with E-state index >= 15 is 0 Å². The first-order valence-corrected chi connectivity index (χ1v) is 6.08. The molecule has 1 unspecified atom stereocenters. The highest BCUT2D eigenvalue weighted by Gasteiger charge is 2.24. The maximum absolute atomic E-state index is 3.55. The fraction of sp³-hybridized carbons (Fsp3) is 0.429. The second-order valence-electron chi connectivity index (χ2n) is 4.81. The smallest absolute Gasteiger partial charge is 0.0459 e. The van der Waals surface area contributed by atoms with Crippen LogP contribution < -0.4 is 0 Å². The van der Waals surface area contributed by atoms with Crippen molar-refractivity contribution in [1.29, 1.82) is 0 Å². The first-order chi connectivity index (χ1) is 7.79. The molecule has 0 bridgehead atoms. The Kier molecular flexibility index (Phi) is 2.25. The number of fused-ring (bicyclic) bond motifs is 3. The van der Waals surface area contributed by atoms with Gasteiger partial charge in [-0.25, -0.2) is 0 Å². The molecule has 3 rings (SSSR count). The lowest BCUT2D eigenvalue weighted by Gasteiger charge is -2.31. The zero-order valence-corrected chi connectivity index (χ0v) is 9.96. The normalized spacial score (nSPS) is 21.2. The Morgan fingerprint density at radius 3 is 3.00 bits per heavy atom. The molecule has 0 saturated carbocycles. The third-order valence-corrected chi connectivity index (χ3v) is 3.84. The van der Waals surface area contributed by atoms with E-state index in [1.54, 1.807) is 5.56 Å². The van der Waals surface area contributed by atoms with Crippen LogP contribution in [0.1, 0.15) is 24.6 Å². The molecule has 1 aliphatic heterocycles. The number of H-pyrrole nitrogens is 1. The number of nitrogens with one attached hydrogen (secondary N) is 1. The number of nitrogens with zero attached hydrogens (tertiary/aromatic N) is 1. The summed E-state index contributed by atoms with van der Waals surface area (Å²) < 4.78 is 0. The zero-order chi connectivity index (χ0) is 11.1. The highest BCUT2D eigenvalue weighted by Crippen LogP contribution is 2.30. The molecule has 1 atom stereocenters. The Balaban J connectivity index is 2.13. The van der Waals surface area contributed by atoms with Crippen LogP contribution in [0.3, 0.4) is 0 Å². The van der Waals surface area contributed by atoms with Crippen LogP contribution in [0.15, 0.2) is 24.3 Å². The number of benzene rings is 1. The molecule has 1 aromatic heterocycles. The van der Waals surface area contributed by atoms with Crippen LogP contribution in [0.5, 0.6) is 0 Å². The molecule has 1 aromatic carbocycles. The van der Waals surface area contributed by atoms with Gasteiger partial charge in [-0.1, -0.05) is 25.1 Å². The number of hydrogen-bond acceptors (Lipinski definition) is 1. The molecule has 1 N–H and O–H groups in total. The van der Waals surface area contributed by atoms with Crippen LogP contribution in [-0.2, 0) is 13.0 Å². The topological polar surface area (TPSA) is 19.0 Å². The molecule has 0 fully saturated rings. The minimum absolute atomic E-state index is 0.701. The number of rotatable bonds is 1. The summed E-state index contributed by atoms with van der Waals surface area (Å²) in [6.07, 6.45) is 2.42. The van der Waals surface area contributed by atoms with Crippen molar-refractivity contribution in [2.45, 2.75) is 32.4 Å². The van der Waals surface area contributed by atoms with Crippen molar-refractivity contribution in [1.82, 2.24) is 9.88 Å². The standard InChI is InChI=1S/C14H18N2/c1-3-10-8-12-11-6-4-5-7-13(11)15-14(12)9-16(10)2/h4-7,10,15H,3,8-9H2,1-2H3. The van der Waals surface area contributed by atoms with Gasteiger partial charge in [0.2, 0.25) is 0 Å². The number of para-hydroxylation sites is 1. The molecule has 2 nitrogen and oxygen atoms in total. The van der Waals surface area contributed by atoms with Crippen molar-refractivity contribution < 1.29 is 0 Å². The van der Waals surface area contributed by atoms with Crippen molar-refractivity contribution in [3.63, 3.8) is 0 Å². The Bertz CT molecular complexity index is 512. The molecular weight excluding hydrogens is 196 g/mol. The summed E-state index contributed by atoms with van der Waals surface area (Å²) in [6.45, 7) is 3.34. The van der Waals surface area contributed by atoms with Crippen molar-refractivity contribution in [2.75, 3.05) is 7.05 Å². The van der Waals surface area contributed by atoms with Gasteiger partial charge in [-0.15, -0.1) is 0 Å². The fourth-order valence-electron chi connectivity index (χ4n) is 2.85. The van der Waals surface area contributed by atoms with E-state index < -0.39 is 0 Å². The first kappa shape index (κ1) is 9.91. The molecule has 16 heavy (non-hydrogen) atoms. The molecule has 0 aliphatic carbocycles. The number of aromatic nitrogens is 1. The number of aromatic amines is 1. The van der Waals surface area contributed by atoms with Crippen molar-refractivity contribution in [3.05, 3.63) is 35.5 Å². The second kappa shape index (κ2) is 3.63. The SMILES string of the molecule is CCC1Cc2c([nH]c3ccccc23)CN1C. The molecule has 84 valence electrons. The van der Waals surface area contributed by atoms with Crippen LogP contribution in [0.4, 0.5) is 0 Å². The van der Waals surface area contributed by atoms with Crippen molar-refractivity contribution in [2.24, 2.45) is 0 Å². The van der Waals surface area contributed by atoms with E-state index in [1.807, 2.05) is 0 Å². The van der Waals surface area contributed by atoms with Crippen molar-refractivity contribution in [3.8, 4) is 0 Å². The van der Waals surface area contributed by atoms with Crippen LogP contribution in [0.25, 0.3) is 10.9 Å². The minimum Gasteiger partial charge on any atom is -0.357 e. The van der Waals surface area contributed by atoms with Gasteiger partial charge < -0.3 is 4.98 Å². The number of likely N-dealkylation sites (N-methyl/N-ethyl adjacent to an activating group) is 1. The van der Waals surface area contributed by atoms with Crippen LogP contribution in [-0.4, -0.2) is 23.0 Å². The molecule has 0 radical (unpaired) electrons. The monoisotopic (exact) mass is 214 g/mol. The lowest BCUT2D eigenvalue weighted by molar-refractivity contribution is 0.208. The summed E-state index contributed by atoms with van der Waals surface area (Å²) in [5.74, 6) is 0. The van der Waals surface area contributed by atoms with Crippen LogP contribution >= 0.6 is 0 Å². The highest BCUT2D eigenvalue weighted by molar-refractivity contribution is 5.84. The molecule has 0 saturated heterocycles. The van der Waals surface area contributed by atoms with E-state index in [2.05, 4.69) is 48.1 Å². The molecule has 2 aromatic rings. The lowest BCUT2D eigenvalue weighted by Crippen LogP contribution is -2.36. The van der Waals surface area contributed by atoms with E-state index in [1.165, 1.54) is 29.4 Å². The van der Waals surface area contributed by atoms with E-state index in [-0.39, 0.29) is 0 Å². The predicted molar refractivity (Wildman–Crippen MR) is 67.5 cm³/mol. The van der Waals surface area contributed by atoms with Gasteiger partial charge in [-0.05, 0) is 31.5 Å². The first-order valence-electron chi connectivity index (χ1n) is 6.08. The summed E-state index contributed by atoms with van der Waals surface area (Å²) in [4.78, 5) is 6.01. The van der Waals surface area contributed by atoms with Crippen LogP contribution in [0.2, 0.25) is 0 Å². The zero-order valence-electron chi connectivity index (χ0n) is 9.96. The van der Waals surface area contributed by atoms with E-state index in [0.29, 0.717) is 6.04 Å². The number of hydrogen-bond donors (Lipinski definition) is 1. The summed E-state index contributed by atoms with van der Waals surface area (Å²) in [6, 6.07) is 9.35. The lowest BCUT2D eigenvalue weighted by atomic mass is 9.96. The Hall–Kier alpha value is -1.28.